The van der Waals surface area contributed by atoms with Crippen molar-refractivity contribution in [3.8, 4) is 5.82 Å². The van der Waals surface area contributed by atoms with Gasteiger partial charge in [0.2, 0.25) is 5.91 Å². The molecule has 3 aliphatic rings. The van der Waals surface area contributed by atoms with Crippen LogP contribution in [0.3, 0.4) is 0 Å². The summed E-state index contributed by atoms with van der Waals surface area (Å²) >= 11 is 0. The molecule has 1 aliphatic carbocycles. The minimum Gasteiger partial charge on any atom is -0.339 e. The highest BCUT2D eigenvalue weighted by Crippen LogP contribution is 2.26. The van der Waals surface area contributed by atoms with Crippen molar-refractivity contribution in [1.29, 1.82) is 0 Å². The average molecular weight is 396 g/mol. The molecule has 8 heteroatoms. The highest BCUT2D eigenvalue weighted by atomic mass is 16.2. The third-order valence-corrected chi connectivity index (χ3v) is 6.63. The summed E-state index contributed by atoms with van der Waals surface area (Å²) in [5, 5.41) is 12.9. The number of rotatable bonds is 4. The van der Waals surface area contributed by atoms with E-state index in [1.165, 1.54) is 30.5 Å². The number of carbonyl (C=O) groups is 1. The molecule has 8 nitrogen and oxygen atoms in total. The van der Waals surface area contributed by atoms with Gasteiger partial charge in [0.25, 0.3) is 0 Å². The smallest absolute Gasteiger partial charge is 0.236 e. The molecule has 2 aromatic heterocycles. The topological polar surface area (TPSA) is 70.4 Å². The zero-order chi connectivity index (χ0) is 19.8. The van der Waals surface area contributed by atoms with Gasteiger partial charge in [-0.25, -0.2) is 4.68 Å². The number of hydrogen-bond donors (Lipinski definition) is 0. The van der Waals surface area contributed by atoms with Crippen molar-refractivity contribution < 1.29 is 4.79 Å². The first kappa shape index (κ1) is 18.7. The van der Waals surface area contributed by atoms with E-state index in [4.69, 9.17) is 0 Å². The van der Waals surface area contributed by atoms with Crippen LogP contribution in [0.1, 0.15) is 36.2 Å². The fourth-order valence-corrected chi connectivity index (χ4v) is 4.61. The summed E-state index contributed by atoms with van der Waals surface area (Å²) in [7, 11) is 0. The van der Waals surface area contributed by atoms with Crippen molar-refractivity contribution in [1.82, 2.24) is 34.7 Å². The Morgan fingerprint density at radius 3 is 2.62 bits per heavy atom. The number of carbonyl (C=O) groups excluding carboxylic acids is 1. The molecule has 1 amide bonds. The van der Waals surface area contributed by atoms with Crippen molar-refractivity contribution in [2.24, 2.45) is 0 Å². The van der Waals surface area contributed by atoms with E-state index in [2.05, 4.69) is 30.0 Å². The van der Waals surface area contributed by atoms with E-state index >= 15 is 0 Å². The van der Waals surface area contributed by atoms with Crippen molar-refractivity contribution >= 4 is 5.91 Å². The standard InChI is InChI=1S/C21H29N7O/c1-16-5-6-20(24-23-16)28-19-7-8-25(14-17(19)13-22-28)15-21(29)27-11-9-26(10-12-27)18-3-2-4-18/h5-6,13,18H,2-4,7-12,14-15H2,1H3. The van der Waals surface area contributed by atoms with E-state index < -0.39 is 0 Å². The highest BCUT2D eigenvalue weighted by molar-refractivity contribution is 5.78. The van der Waals surface area contributed by atoms with Crippen LogP contribution < -0.4 is 0 Å². The first-order chi connectivity index (χ1) is 14.2. The predicted molar refractivity (Wildman–Crippen MR) is 109 cm³/mol. The Hall–Kier alpha value is -2.32. The maximum atomic E-state index is 12.8. The summed E-state index contributed by atoms with van der Waals surface area (Å²) in [5.74, 6) is 1.02. The van der Waals surface area contributed by atoms with Crippen LogP contribution in [0.4, 0.5) is 0 Å². The van der Waals surface area contributed by atoms with Crippen LogP contribution in [-0.2, 0) is 17.8 Å². The molecule has 0 unspecified atom stereocenters. The third-order valence-electron chi connectivity index (χ3n) is 6.63. The molecule has 2 aliphatic heterocycles. The minimum atomic E-state index is 0.263. The van der Waals surface area contributed by atoms with E-state index in [0.717, 1.165) is 63.2 Å². The van der Waals surface area contributed by atoms with Gasteiger partial charge >= 0.3 is 0 Å². The second-order valence-electron chi connectivity index (χ2n) is 8.52. The van der Waals surface area contributed by atoms with Crippen LogP contribution in [-0.4, -0.2) is 85.9 Å². The van der Waals surface area contributed by atoms with Gasteiger partial charge in [-0.05, 0) is 31.9 Å². The van der Waals surface area contributed by atoms with Gasteiger partial charge in [-0.15, -0.1) is 5.10 Å². The van der Waals surface area contributed by atoms with E-state index in [1.54, 1.807) is 0 Å². The lowest BCUT2D eigenvalue weighted by Gasteiger charge is -2.43. The van der Waals surface area contributed by atoms with Gasteiger partial charge < -0.3 is 4.90 Å². The van der Waals surface area contributed by atoms with Gasteiger partial charge in [0.15, 0.2) is 5.82 Å². The molecule has 2 aromatic rings. The maximum Gasteiger partial charge on any atom is 0.236 e. The number of piperazine rings is 1. The lowest BCUT2D eigenvalue weighted by molar-refractivity contribution is -0.135. The van der Waals surface area contributed by atoms with Crippen LogP contribution in [0, 0.1) is 6.92 Å². The molecule has 5 rings (SSSR count). The van der Waals surface area contributed by atoms with Crippen LogP contribution in [0.2, 0.25) is 0 Å². The number of aromatic nitrogens is 4. The predicted octanol–water partition coefficient (Wildman–Crippen LogP) is 1.03. The monoisotopic (exact) mass is 395 g/mol. The quantitative estimate of drug-likeness (QED) is 0.770. The second-order valence-corrected chi connectivity index (χ2v) is 8.52. The normalized spacial score (nSPS) is 21.1. The van der Waals surface area contributed by atoms with Gasteiger partial charge in [0.1, 0.15) is 0 Å². The van der Waals surface area contributed by atoms with Crippen molar-refractivity contribution in [3.63, 3.8) is 0 Å². The molecule has 1 saturated carbocycles. The van der Waals surface area contributed by atoms with Crippen molar-refractivity contribution in [2.45, 2.75) is 45.2 Å². The van der Waals surface area contributed by atoms with Crippen molar-refractivity contribution in [2.75, 3.05) is 39.3 Å². The van der Waals surface area contributed by atoms with E-state index in [-0.39, 0.29) is 5.91 Å². The summed E-state index contributed by atoms with van der Waals surface area (Å²) in [5.41, 5.74) is 3.26. The third kappa shape index (κ3) is 3.79. The number of nitrogens with zero attached hydrogens (tertiary/aromatic N) is 7. The Balaban J connectivity index is 1.17. The van der Waals surface area contributed by atoms with Gasteiger partial charge in [0, 0.05) is 57.3 Å². The van der Waals surface area contributed by atoms with E-state index in [0.29, 0.717) is 6.54 Å². The molecule has 4 heterocycles. The first-order valence-electron chi connectivity index (χ1n) is 10.8. The molecular formula is C21H29N7O. The van der Waals surface area contributed by atoms with Gasteiger partial charge in [-0.1, -0.05) is 6.42 Å². The molecule has 2 fully saturated rings. The average Bonchev–Trinajstić information content (AvgIpc) is 3.11. The first-order valence-corrected chi connectivity index (χ1v) is 10.8. The number of fused-ring (bicyclic) bond motifs is 1. The maximum absolute atomic E-state index is 12.8. The minimum absolute atomic E-state index is 0.263. The zero-order valence-corrected chi connectivity index (χ0v) is 17.1. The lowest BCUT2D eigenvalue weighted by Crippen LogP contribution is -2.55. The second kappa shape index (κ2) is 7.84. The Kier molecular flexibility index (Phi) is 5.05. The summed E-state index contributed by atoms with van der Waals surface area (Å²) in [4.78, 5) is 19.7. The largest absolute Gasteiger partial charge is 0.339 e. The molecule has 0 aromatic carbocycles. The fraction of sp³-hybridized carbons (Fsp3) is 0.619. The number of hydrogen-bond acceptors (Lipinski definition) is 6. The molecule has 0 N–H and O–H groups in total. The van der Waals surface area contributed by atoms with Crippen molar-refractivity contribution in [3.05, 3.63) is 35.3 Å². The van der Waals surface area contributed by atoms with Crippen LogP contribution in [0.25, 0.3) is 5.82 Å². The fourth-order valence-electron chi connectivity index (χ4n) is 4.61. The number of amides is 1. The molecule has 0 radical (unpaired) electrons. The van der Waals surface area contributed by atoms with E-state index in [9.17, 15) is 4.79 Å². The Morgan fingerprint density at radius 2 is 1.93 bits per heavy atom. The van der Waals surface area contributed by atoms with Gasteiger partial charge in [-0.3, -0.25) is 14.6 Å². The Morgan fingerprint density at radius 1 is 1.10 bits per heavy atom. The van der Waals surface area contributed by atoms with Gasteiger partial charge in [0.05, 0.1) is 24.1 Å². The van der Waals surface area contributed by atoms with Crippen LogP contribution in [0.15, 0.2) is 18.3 Å². The molecular weight excluding hydrogens is 366 g/mol. The summed E-state index contributed by atoms with van der Waals surface area (Å²) < 4.78 is 1.89. The van der Waals surface area contributed by atoms with Gasteiger partial charge in [-0.2, -0.15) is 10.2 Å². The molecule has 0 atom stereocenters. The molecule has 1 saturated heterocycles. The zero-order valence-electron chi connectivity index (χ0n) is 17.1. The Labute approximate surface area is 171 Å². The molecule has 0 spiro atoms. The highest BCUT2D eigenvalue weighted by Gasteiger charge is 2.30. The Bertz CT molecular complexity index is 866. The number of aryl methyl sites for hydroxylation is 1. The lowest BCUT2D eigenvalue weighted by atomic mass is 9.91. The summed E-state index contributed by atoms with van der Waals surface area (Å²) in [6, 6.07) is 4.69. The molecule has 0 bridgehead atoms. The summed E-state index contributed by atoms with van der Waals surface area (Å²) in [6.45, 7) is 7.87. The van der Waals surface area contributed by atoms with Crippen LogP contribution >= 0.6 is 0 Å². The summed E-state index contributed by atoms with van der Waals surface area (Å²) in [6.07, 6.45) is 6.82. The van der Waals surface area contributed by atoms with Crippen LogP contribution in [0.5, 0.6) is 0 Å². The van der Waals surface area contributed by atoms with E-state index in [1.807, 2.05) is 29.9 Å². The molecule has 29 heavy (non-hydrogen) atoms. The SMILES string of the molecule is Cc1ccc(-n2ncc3c2CCN(CC(=O)N2CCN(C4CCC4)CC2)C3)nn1. The molecule has 154 valence electrons.